The first-order chi connectivity index (χ1) is 17.7. The highest BCUT2D eigenvalue weighted by Crippen LogP contribution is 2.38. The predicted molar refractivity (Wildman–Crippen MR) is 157 cm³/mol. The SMILES string of the molecule is CC(C)(C)OC(=O)N[C@@H](CN1CC(Br)=CC(O[Si](c2ccccc2)(c2ccccc2)C(C)(C)C)C1)C(=O)O. The second-order valence-electron chi connectivity index (χ2n) is 11.7. The number of carbonyl (C=O) groups is 2. The molecule has 3 rings (SSSR count). The Morgan fingerprint density at radius 1 is 1.03 bits per heavy atom. The molecule has 0 fully saturated rings. The quantitative estimate of drug-likeness (QED) is 0.432. The Morgan fingerprint density at radius 2 is 1.55 bits per heavy atom. The van der Waals surface area contributed by atoms with E-state index in [2.05, 4.69) is 72.4 Å². The van der Waals surface area contributed by atoms with Crippen LogP contribution in [0.5, 0.6) is 0 Å². The average molecular weight is 604 g/mol. The van der Waals surface area contributed by atoms with Crippen molar-refractivity contribution in [3.63, 3.8) is 0 Å². The number of ether oxygens (including phenoxy) is 1. The third kappa shape index (κ3) is 7.56. The third-order valence-corrected chi connectivity index (χ3v) is 11.9. The minimum atomic E-state index is -2.81. The summed E-state index contributed by atoms with van der Waals surface area (Å²) < 4.78 is 13.4. The maximum Gasteiger partial charge on any atom is 0.408 e. The largest absolute Gasteiger partial charge is 0.480 e. The second-order valence-corrected chi connectivity index (χ2v) is 16.9. The third-order valence-electron chi connectivity index (χ3n) is 6.35. The first kappa shape index (κ1) is 30.1. The molecule has 2 aromatic rings. The number of benzene rings is 2. The Labute approximate surface area is 235 Å². The van der Waals surface area contributed by atoms with Gasteiger partial charge in [0.1, 0.15) is 11.6 Å². The summed E-state index contributed by atoms with van der Waals surface area (Å²) >= 11 is 3.65. The summed E-state index contributed by atoms with van der Waals surface area (Å²) in [6.07, 6.45) is 1.03. The number of carboxylic acid groups (broad SMARTS) is 1. The fourth-order valence-corrected chi connectivity index (χ4v) is 10.1. The van der Waals surface area contributed by atoms with Gasteiger partial charge in [0, 0.05) is 24.1 Å². The van der Waals surface area contributed by atoms with E-state index in [4.69, 9.17) is 9.16 Å². The number of carboxylic acids is 1. The van der Waals surface area contributed by atoms with Crippen LogP contribution in [0.4, 0.5) is 4.79 Å². The molecule has 206 valence electrons. The summed E-state index contributed by atoms with van der Waals surface area (Å²) in [7, 11) is -2.81. The van der Waals surface area contributed by atoms with E-state index >= 15 is 0 Å². The number of hydrogen-bond donors (Lipinski definition) is 2. The molecule has 1 unspecified atom stereocenters. The van der Waals surface area contributed by atoms with E-state index in [1.165, 1.54) is 10.4 Å². The smallest absolute Gasteiger partial charge is 0.408 e. The van der Waals surface area contributed by atoms with Gasteiger partial charge in [0.15, 0.2) is 0 Å². The molecule has 0 radical (unpaired) electrons. The molecule has 2 aromatic carbocycles. The van der Waals surface area contributed by atoms with Gasteiger partial charge in [-0.15, -0.1) is 0 Å². The van der Waals surface area contributed by atoms with Crippen molar-refractivity contribution < 1.29 is 23.9 Å². The van der Waals surface area contributed by atoms with Crippen LogP contribution < -0.4 is 15.7 Å². The molecule has 0 saturated heterocycles. The molecule has 1 aliphatic heterocycles. The number of aliphatic carboxylic acids is 1. The van der Waals surface area contributed by atoms with Gasteiger partial charge in [0.25, 0.3) is 8.32 Å². The van der Waals surface area contributed by atoms with Crippen molar-refractivity contribution in [1.82, 2.24) is 10.2 Å². The highest BCUT2D eigenvalue weighted by atomic mass is 79.9. The Hall–Kier alpha value is -2.46. The second kappa shape index (κ2) is 12.2. The monoisotopic (exact) mass is 602 g/mol. The summed E-state index contributed by atoms with van der Waals surface area (Å²) in [5.74, 6) is -1.12. The van der Waals surface area contributed by atoms with E-state index in [0.29, 0.717) is 13.1 Å². The fourth-order valence-electron chi connectivity index (χ4n) is 4.86. The summed E-state index contributed by atoms with van der Waals surface area (Å²) in [4.78, 5) is 26.3. The average Bonchev–Trinajstić information content (AvgIpc) is 2.81. The van der Waals surface area contributed by atoms with Gasteiger partial charge in [0.05, 0.1) is 6.10 Å². The fraction of sp³-hybridized carbons (Fsp3) is 0.448. The lowest BCUT2D eigenvalue weighted by Crippen LogP contribution is -2.68. The van der Waals surface area contributed by atoms with Crippen LogP contribution in [0, 0.1) is 0 Å². The van der Waals surface area contributed by atoms with Crippen molar-refractivity contribution in [2.24, 2.45) is 0 Å². The van der Waals surface area contributed by atoms with Crippen molar-refractivity contribution in [2.75, 3.05) is 19.6 Å². The molecule has 9 heteroatoms. The van der Waals surface area contributed by atoms with Crippen molar-refractivity contribution in [2.45, 2.75) is 64.3 Å². The van der Waals surface area contributed by atoms with E-state index in [9.17, 15) is 14.7 Å². The highest BCUT2D eigenvalue weighted by molar-refractivity contribution is 9.11. The lowest BCUT2D eigenvalue weighted by molar-refractivity contribution is -0.140. The van der Waals surface area contributed by atoms with Crippen molar-refractivity contribution >= 4 is 46.7 Å². The minimum absolute atomic E-state index is 0.109. The molecule has 0 aliphatic carbocycles. The topological polar surface area (TPSA) is 88.1 Å². The molecule has 0 aromatic heterocycles. The molecule has 1 heterocycles. The molecule has 2 atom stereocenters. The van der Waals surface area contributed by atoms with Gasteiger partial charge in [-0.05, 0) is 42.3 Å². The molecule has 7 nitrogen and oxygen atoms in total. The van der Waals surface area contributed by atoms with Crippen molar-refractivity contribution in [3.8, 4) is 0 Å². The van der Waals surface area contributed by atoms with Crippen LogP contribution in [0.15, 0.2) is 71.2 Å². The maximum atomic E-state index is 12.3. The van der Waals surface area contributed by atoms with Crippen molar-refractivity contribution in [3.05, 3.63) is 71.2 Å². The lowest BCUT2D eigenvalue weighted by Gasteiger charge is -2.46. The molecule has 0 saturated carbocycles. The number of halogens is 1. The van der Waals surface area contributed by atoms with Crippen LogP contribution in [0.2, 0.25) is 5.04 Å². The first-order valence-corrected chi connectivity index (χ1v) is 15.5. The van der Waals surface area contributed by atoms with Gasteiger partial charge in [-0.3, -0.25) is 4.90 Å². The van der Waals surface area contributed by atoms with Gasteiger partial charge in [-0.1, -0.05) is 97.4 Å². The van der Waals surface area contributed by atoms with Gasteiger partial charge in [-0.2, -0.15) is 0 Å². The summed E-state index contributed by atoms with van der Waals surface area (Å²) in [5, 5.41) is 14.5. The lowest BCUT2D eigenvalue weighted by atomic mass is 10.2. The van der Waals surface area contributed by atoms with E-state index in [1.807, 2.05) is 41.3 Å². The maximum absolute atomic E-state index is 12.3. The van der Waals surface area contributed by atoms with E-state index in [1.54, 1.807) is 20.8 Å². The molecular weight excluding hydrogens is 564 g/mol. The molecule has 0 bridgehead atoms. The standard InChI is InChI=1S/C29H39BrN2O5Si/c1-28(2,3)36-27(35)31-25(26(33)34)20-32-18-21(30)17-22(19-32)37-38(29(4,5)6,23-13-9-7-10-14-23)24-15-11-8-12-16-24/h7-17,22,25H,18-20H2,1-6H3,(H,31,35)(H,33,34)/t22?,25-/m0/s1. The van der Waals surface area contributed by atoms with E-state index in [-0.39, 0.29) is 17.7 Å². The van der Waals surface area contributed by atoms with Crippen LogP contribution in [0.1, 0.15) is 41.5 Å². The molecule has 1 amide bonds. The van der Waals surface area contributed by atoms with Gasteiger partial charge < -0.3 is 19.6 Å². The number of carbonyl (C=O) groups excluding carboxylic acids is 1. The van der Waals surface area contributed by atoms with Gasteiger partial charge in [0.2, 0.25) is 0 Å². The molecule has 1 aliphatic rings. The number of nitrogens with zero attached hydrogens (tertiary/aromatic N) is 1. The Bertz CT molecular complexity index is 1090. The summed E-state index contributed by atoms with van der Waals surface area (Å²) in [5.41, 5.74) is -0.723. The number of rotatable bonds is 8. The Kier molecular flexibility index (Phi) is 9.62. The zero-order valence-corrected chi connectivity index (χ0v) is 25.6. The normalized spacial score (nSPS) is 17.9. The number of alkyl carbamates (subject to hydrolysis) is 1. The van der Waals surface area contributed by atoms with Crippen LogP contribution >= 0.6 is 15.9 Å². The van der Waals surface area contributed by atoms with Gasteiger partial charge in [-0.25, -0.2) is 9.59 Å². The first-order valence-electron chi connectivity index (χ1n) is 12.8. The van der Waals surface area contributed by atoms with Crippen molar-refractivity contribution in [1.29, 1.82) is 0 Å². The number of hydrogen-bond acceptors (Lipinski definition) is 5. The minimum Gasteiger partial charge on any atom is -0.480 e. The summed E-state index contributed by atoms with van der Waals surface area (Å²) in [6.45, 7) is 13.0. The predicted octanol–water partition coefficient (Wildman–Crippen LogP) is 4.50. The number of amides is 1. The molecular formula is C29H39BrN2O5Si. The van der Waals surface area contributed by atoms with E-state index in [0.717, 1.165) is 4.48 Å². The van der Waals surface area contributed by atoms with E-state index < -0.39 is 32.0 Å². The van der Waals surface area contributed by atoms with Gasteiger partial charge >= 0.3 is 12.1 Å². The van der Waals surface area contributed by atoms with Crippen LogP contribution in [0.25, 0.3) is 0 Å². The summed E-state index contributed by atoms with van der Waals surface area (Å²) in [6, 6.07) is 19.7. The molecule has 0 spiro atoms. The molecule has 38 heavy (non-hydrogen) atoms. The zero-order valence-electron chi connectivity index (χ0n) is 23.0. The van der Waals surface area contributed by atoms with Crippen LogP contribution in [-0.4, -0.2) is 67.8 Å². The van der Waals surface area contributed by atoms with Crippen LogP contribution in [0.3, 0.4) is 0 Å². The molecule has 2 N–H and O–H groups in total. The Balaban J connectivity index is 1.90. The zero-order chi connectivity index (χ0) is 28.1. The Morgan fingerprint density at radius 3 is 2.00 bits per heavy atom. The highest BCUT2D eigenvalue weighted by Gasteiger charge is 2.51. The number of nitrogens with one attached hydrogen (secondary N) is 1. The van der Waals surface area contributed by atoms with Crippen LogP contribution in [-0.2, 0) is 14.0 Å².